The summed E-state index contributed by atoms with van der Waals surface area (Å²) in [6.07, 6.45) is 0. The van der Waals surface area contributed by atoms with Gasteiger partial charge in [-0.3, -0.25) is 0 Å². The first-order chi connectivity index (χ1) is 7.59. The molecule has 84 valence electrons. The van der Waals surface area contributed by atoms with Crippen molar-refractivity contribution >= 4 is 11.3 Å². The molecule has 0 fully saturated rings. The Morgan fingerprint density at radius 2 is 1.88 bits per heavy atom. The Hall–Kier alpha value is -1.15. The number of halogens is 1. The van der Waals surface area contributed by atoms with E-state index in [-0.39, 0.29) is 5.82 Å². The van der Waals surface area contributed by atoms with Crippen molar-refractivity contribution in [1.29, 1.82) is 0 Å². The van der Waals surface area contributed by atoms with Crippen LogP contribution in [0.4, 0.5) is 4.39 Å². The zero-order valence-corrected chi connectivity index (χ0v) is 10.6. The highest BCUT2D eigenvalue weighted by molar-refractivity contribution is 7.15. The molecule has 0 N–H and O–H groups in total. The molecule has 0 radical (unpaired) electrons. The van der Waals surface area contributed by atoms with Crippen molar-refractivity contribution in [3.8, 4) is 10.4 Å². The summed E-state index contributed by atoms with van der Waals surface area (Å²) in [5.41, 5.74) is 1.86. The van der Waals surface area contributed by atoms with Crippen LogP contribution < -0.4 is 0 Å². The topological polar surface area (TPSA) is 0 Å². The van der Waals surface area contributed by atoms with Gasteiger partial charge in [-0.25, -0.2) is 4.39 Å². The Morgan fingerprint density at radius 1 is 1.12 bits per heavy atom. The molecule has 0 aliphatic heterocycles. The lowest BCUT2D eigenvalue weighted by Crippen LogP contribution is -1.94. The van der Waals surface area contributed by atoms with Crippen LogP contribution in [-0.4, -0.2) is 0 Å². The van der Waals surface area contributed by atoms with Crippen LogP contribution in [0.25, 0.3) is 10.4 Å². The van der Waals surface area contributed by atoms with E-state index < -0.39 is 0 Å². The molecule has 0 bridgehead atoms. The standard InChI is InChI=1S/C14H15FS/c1-9(2)11-5-4-6-12(15)14(11)13-8-7-10(3)16-13/h4-9H,1-3H3. The van der Waals surface area contributed by atoms with Gasteiger partial charge in [-0.15, -0.1) is 11.3 Å². The van der Waals surface area contributed by atoms with Gasteiger partial charge >= 0.3 is 0 Å². The van der Waals surface area contributed by atoms with Gasteiger partial charge in [-0.1, -0.05) is 26.0 Å². The summed E-state index contributed by atoms with van der Waals surface area (Å²) in [4.78, 5) is 2.24. The summed E-state index contributed by atoms with van der Waals surface area (Å²) in [5.74, 6) is 0.223. The lowest BCUT2D eigenvalue weighted by molar-refractivity contribution is 0.628. The van der Waals surface area contributed by atoms with E-state index in [1.54, 1.807) is 17.4 Å². The summed E-state index contributed by atoms with van der Waals surface area (Å²) in [5, 5.41) is 0. The Balaban J connectivity index is 2.62. The molecule has 0 saturated heterocycles. The molecule has 1 aromatic heterocycles. The molecule has 0 atom stereocenters. The molecular formula is C14H15FS. The molecule has 1 heterocycles. The van der Waals surface area contributed by atoms with Crippen LogP contribution in [0, 0.1) is 12.7 Å². The molecule has 2 rings (SSSR count). The van der Waals surface area contributed by atoms with Gasteiger partial charge in [0.1, 0.15) is 5.82 Å². The average Bonchev–Trinajstić information content (AvgIpc) is 2.64. The van der Waals surface area contributed by atoms with Gasteiger partial charge in [0, 0.05) is 15.3 Å². The summed E-state index contributed by atoms with van der Waals surface area (Å²) in [6, 6.07) is 9.38. The molecule has 0 nitrogen and oxygen atoms in total. The maximum absolute atomic E-state index is 13.9. The second kappa shape index (κ2) is 4.38. The van der Waals surface area contributed by atoms with E-state index in [0.29, 0.717) is 5.92 Å². The van der Waals surface area contributed by atoms with Crippen molar-refractivity contribution in [2.24, 2.45) is 0 Å². The lowest BCUT2D eigenvalue weighted by atomic mass is 9.96. The van der Waals surface area contributed by atoms with Crippen LogP contribution in [0.3, 0.4) is 0 Å². The molecule has 0 aliphatic carbocycles. The third-order valence-corrected chi connectivity index (χ3v) is 3.67. The average molecular weight is 234 g/mol. The Morgan fingerprint density at radius 3 is 2.44 bits per heavy atom. The SMILES string of the molecule is Cc1ccc(-c2c(F)cccc2C(C)C)s1. The molecule has 16 heavy (non-hydrogen) atoms. The smallest absolute Gasteiger partial charge is 0.132 e. The number of thiophene rings is 1. The summed E-state index contributed by atoms with van der Waals surface area (Å²) < 4.78 is 13.9. The lowest BCUT2D eigenvalue weighted by Gasteiger charge is -2.12. The third-order valence-electron chi connectivity index (χ3n) is 2.65. The molecule has 0 aliphatic rings. The van der Waals surface area contributed by atoms with Crippen molar-refractivity contribution in [3.05, 3.63) is 46.6 Å². The van der Waals surface area contributed by atoms with E-state index in [1.165, 1.54) is 10.9 Å². The quantitative estimate of drug-likeness (QED) is 0.687. The number of benzene rings is 1. The van der Waals surface area contributed by atoms with Crippen LogP contribution in [0.5, 0.6) is 0 Å². The normalized spacial score (nSPS) is 11.1. The Labute approximate surface area is 99.8 Å². The summed E-state index contributed by atoms with van der Waals surface area (Å²) in [7, 11) is 0. The Bertz CT molecular complexity index is 497. The van der Waals surface area contributed by atoms with Crippen LogP contribution in [0.1, 0.15) is 30.2 Å². The molecule has 2 aromatic rings. The van der Waals surface area contributed by atoms with Gasteiger partial charge in [-0.05, 0) is 36.6 Å². The highest BCUT2D eigenvalue weighted by Crippen LogP contribution is 2.35. The first-order valence-corrected chi connectivity index (χ1v) is 6.26. The van der Waals surface area contributed by atoms with E-state index in [9.17, 15) is 4.39 Å². The van der Waals surface area contributed by atoms with Crippen LogP contribution >= 0.6 is 11.3 Å². The Kier molecular flexibility index (Phi) is 3.10. The van der Waals surface area contributed by atoms with E-state index in [4.69, 9.17) is 0 Å². The minimum atomic E-state index is -0.118. The van der Waals surface area contributed by atoms with E-state index in [0.717, 1.165) is 16.0 Å². The van der Waals surface area contributed by atoms with Crippen molar-refractivity contribution in [3.63, 3.8) is 0 Å². The monoisotopic (exact) mass is 234 g/mol. The molecule has 1 aromatic carbocycles. The first-order valence-electron chi connectivity index (χ1n) is 5.45. The van der Waals surface area contributed by atoms with Crippen molar-refractivity contribution < 1.29 is 4.39 Å². The van der Waals surface area contributed by atoms with Crippen molar-refractivity contribution in [2.45, 2.75) is 26.7 Å². The summed E-state index contributed by atoms with van der Waals surface area (Å²) in [6.45, 7) is 6.24. The van der Waals surface area contributed by atoms with Gasteiger partial charge in [0.2, 0.25) is 0 Å². The largest absolute Gasteiger partial charge is 0.206 e. The van der Waals surface area contributed by atoms with Crippen LogP contribution in [0.2, 0.25) is 0 Å². The third kappa shape index (κ3) is 2.03. The summed E-state index contributed by atoms with van der Waals surface area (Å²) >= 11 is 1.65. The number of hydrogen-bond donors (Lipinski definition) is 0. The maximum Gasteiger partial charge on any atom is 0.132 e. The molecule has 2 heteroatoms. The van der Waals surface area contributed by atoms with Gasteiger partial charge in [0.15, 0.2) is 0 Å². The molecule has 0 saturated carbocycles. The van der Waals surface area contributed by atoms with Crippen LogP contribution in [0.15, 0.2) is 30.3 Å². The zero-order valence-electron chi connectivity index (χ0n) is 9.75. The number of rotatable bonds is 2. The van der Waals surface area contributed by atoms with Crippen molar-refractivity contribution in [1.82, 2.24) is 0 Å². The fourth-order valence-corrected chi connectivity index (χ4v) is 2.79. The highest BCUT2D eigenvalue weighted by atomic mass is 32.1. The molecule has 0 unspecified atom stereocenters. The van der Waals surface area contributed by atoms with E-state index in [2.05, 4.69) is 13.8 Å². The second-order valence-electron chi connectivity index (χ2n) is 4.27. The van der Waals surface area contributed by atoms with Gasteiger partial charge < -0.3 is 0 Å². The molecule has 0 amide bonds. The van der Waals surface area contributed by atoms with Gasteiger partial charge in [0.05, 0.1) is 0 Å². The second-order valence-corrected chi connectivity index (χ2v) is 5.56. The predicted molar refractivity (Wildman–Crippen MR) is 68.5 cm³/mol. The maximum atomic E-state index is 13.9. The minimum Gasteiger partial charge on any atom is -0.206 e. The van der Waals surface area contributed by atoms with Crippen LogP contribution in [-0.2, 0) is 0 Å². The molecular weight excluding hydrogens is 219 g/mol. The number of hydrogen-bond acceptors (Lipinski definition) is 1. The van der Waals surface area contributed by atoms with Gasteiger partial charge in [-0.2, -0.15) is 0 Å². The van der Waals surface area contributed by atoms with E-state index >= 15 is 0 Å². The highest BCUT2D eigenvalue weighted by Gasteiger charge is 2.14. The number of aryl methyl sites for hydroxylation is 1. The first kappa shape index (κ1) is 11.3. The van der Waals surface area contributed by atoms with Crippen molar-refractivity contribution in [2.75, 3.05) is 0 Å². The van der Waals surface area contributed by atoms with Gasteiger partial charge in [0.25, 0.3) is 0 Å². The molecule has 0 spiro atoms. The predicted octanol–water partition coefficient (Wildman–Crippen LogP) is 4.99. The fraction of sp³-hybridized carbons (Fsp3) is 0.286. The fourth-order valence-electron chi connectivity index (χ4n) is 1.85. The van der Waals surface area contributed by atoms with E-state index in [1.807, 2.05) is 25.1 Å². The zero-order chi connectivity index (χ0) is 11.7. The minimum absolute atomic E-state index is 0.118.